The molecule has 1 saturated carbocycles. The Bertz CT molecular complexity index is 1360. The fourth-order valence-electron chi connectivity index (χ4n) is 5.29. The molecule has 0 radical (unpaired) electrons. The number of fused-ring (bicyclic) bond motifs is 3. The number of hydrogen-bond acceptors (Lipinski definition) is 10. The van der Waals surface area contributed by atoms with Gasteiger partial charge in [0.15, 0.2) is 11.5 Å². The van der Waals surface area contributed by atoms with Gasteiger partial charge in [0.05, 0.1) is 29.0 Å². The van der Waals surface area contributed by atoms with E-state index in [-0.39, 0.29) is 31.3 Å². The van der Waals surface area contributed by atoms with Crippen LogP contribution in [-0.2, 0) is 20.9 Å². The SMILES string of the molecule is NS(=O)(=O)OC[C@@H]1C[C@@H](c2csc3c(N[C@H]4CCc5cc6c(cc54)OCO6)ncnc23)C[C@@H]1O. The number of rotatable bonds is 6. The third kappa shape index (κ3) is 3.99. The fraction of sp³-hybridized carbons (Fsp3) is 0.455. The highest BCUT2D eigenvalue weighted by Gasteiger charge is 2.36. The number of anilines is 1. The van der Waals surface area contributed by atoms with Gasteiger partial charge in [-0.2, -0.15) is 8.42 Å². The third-order valence-corrected chi connectivity index (χ3v) is 8.41. The van der Waals surface area contributed by atoms with E-state index < -0.39 is 16.4 Å². The highest BCUT2D eigenvalue weighted by molar-refractivity contribution is 7.84. The van der Waals surface area contributed by atoms with Crippen molar-refractivity contribution in [3.63, 3.8) is 0 Å². The van der Waals surface area contributed by atoms with Crippen molar-refractivity contribution in [3.8, 4) is 11.5 Å². The van der Waals surface area contributed by atoms with Gasteiger partial charge in [0, 0.05) is 5.92 Å². The smallest absolute Gasteiger partial charge is 0.333 e. The molecule has 1 fully saturated rings. The van der Waals surface area contributed by atoms with Gasteiger partial charge in [-0.1, -0.05) is 0 Å². The Balaban J connectivity index is 1.23. The summed E-state index contributed by atoms with van der Waals surface area (Å²) in [5.74, 6) is 2.11. The number of ether oxygens (including phenoxy) is 2. The molecule has 3 aromatic rings. The Morgan fingerprint density at radius 3 is 2.85 bits per heavy atom. The van der Waals surface area contributed by atoms with Crippen LogP contribution in [0.25, 0.3) is 10.2 Å². The highest BCUT2D eigenvalue weighted by Crippen LogP contribution is 2.46. The van der Waals surface area contributed by atoms with E-state index in [1.807, 2.05) is 0 Å². The number of nitrogens with two attached hydrogens (primary N) is 1. The van der Waals surface area contributed by atoms with Gasteiger partial charge in [-0.25, -0.2) is 15.1 Å². The molecule has 2 aromatic heterocycles. The number of aromatic nitrogens is 2. The summed E-state index contributed by atoms with van der Waals surface area (Å²) in [5.41, 5.74) is 4.35. The van der Waals surface area contributed by atoms with Gasteiger partial charge in [-0.3, -0.25) is 4.18 Å². The Morgan fingerprint density at radius 1 is 1.21 bits per heavy atom. The van der Waals surface area contributed by atoms with E-state index in [0.717, 1.165) is 45.9 Å². The van der Waals surface area contributed by atoms with Crippen LogP contribution in [0.5, 0.6) is 11.5 Å². The van der Waals surface area contributed by atoms with E-state index in [1.165, 1.54) is 11.1 Å². The van der Waals surface area contributed by atoms with Crippen LogP contribution in [0.15, 0.2) is 23.8 Å². The lowest BCUT2D eigenvalue weighted by Gasteiger charge is -2.16. The quantitative estimate of drug-likeness (QED) is 0.461. The third-order valence-electron chi connectivity index (χ3n) is 6.95. The van der Waals surface area contributed by atoms with E-state index in [2.05, 4.69) is 32.8 Å². The summed E-state index contributed by atoms with van der Waals surface area (Å²) in [7, 11) is -4.04. The number of benzene rings is 1. The lowest BCUT2D eigenvalue weighted by Crippen LogP contribution is -2.24. The molecule has 34 heavy (non-hydrogen) atoms. The van der Waals surface area contributed by atoms with Crippen molar-refractivity contribution in [1.29, 1.82) is 0 Å². The highest BCUT2D eigenvalue weighted by atomic mass is 32.2. The molecular weight excluding hydrogens is 480 g/mol. The fourth-order valence-corrected chi connectivity index (χ4v) is 6.71. The van der Waals surface area contributed by atoms with Crippen LogP contribution in [0.1, 0.15) is 47.9 Å². The summed E-state index contributed by atoms with van der Waals surface area (Å²) in [6.07, 6.45) is 3.91. The van der Waals surface area contributed by atoms with Gasteiger partial charge in [-0.15, -0.1) is 11.3 Å². The number of nitrogens with zero attached hydrogens (tertiary/aromatic N) is 2. The largest absolute Gasteiger partial charge is 0.454 e. The molecule has 0 saturated heterocycles. The first-order chi connectivity index (χ1) is 16.4. The minimum atomic E-state index is -4.04. The molecule has 2 aliphatic carbocycles. The Morgan fingerprint density at radius 2 is 2.03 bits per heavy atom. The zero-order chi connectivity index (χ0) is 23.4. The van der Waals surface area contributed by atoms with Gasteiger partial charge in [0.1, 0.15) is 12.1 Å². The summed E-state index contributed by atoms with van der Waals surface area (Å²) in [6, 6.07) is 4.24. The Kier molecular flexibility index (Phi) is 5.37. The van der Waals surface area contributed by atoms with Crippen LogP contribution in [0.2, 0.25) is 0 Å². The van der Waals surface area contributed by atoms with Crippen LogP contribution in [-0.4, -0.2) is 43.0 Å². The molecule has 3 heterocycles. The number of nitrogens with one attached hydrogen (secondary N) is 1. The number of thiophene rings is 1. The molecule has 4 N–H and O–H groups in total. The number of aliphatic hydroxyl groups excluding tert-OH is 1. The van der Waals surface area contributed by atoms with Gasteiger partial charge in [-0.05, 0) is 65.8 Å². The first-order valence-corrected chi connectivity index (χ1v) is 13.5. The van der Waals surface area contributed by atoms with Crippen molar-refractivity contribution >= 4 is 37.7 Å². The molecule has 0 amide bonds. The molecule has 1 aromatic carbocycles. The number of aliphatic hydroxyl groups is 1. The molecule has 4 atom stereocenters. The Hall–Kier alpha value is -2.51. The first kappa shape index (κ1) is 22.0. The predicted octanol–water partition coefficient (Wildman–Crippen LogP) is 2.59. The minimum Gasteiger partial charge on any atom is -0.454 e. The minimum absolute atomic E-state index is 0.0486. The van der Waals surface area contributed by atoms with Crippen molar-refractivity contribution in [2.24, 2.45) is 11.1 Å². The predicted molar refractivity (Wildman–Crippen MR) is 125 cm³/mol. The monoisotopic (exact) mass is 504 g/mol. The van der Waals surface area contributed by atoms with Crippen molar-refractivity contribution in [2.75, 3.05) is 18.7 Å². The van der Waals surface area contributed by atoms with E-state index in [1.54, 1.807) is 17.7 Å². The van der Waals surface area contributed by atoms with E-state index in [0.29, 0.717) is 12.8 Å². The van der Waals surface area contributed by atoms with Gasteiger partial charge in [0.2, 0.25) is 6.79 Å². The average molecular weight is 505 g/mol. The maximum Gasteiger partial charge on any atom is 0.333 e. The van der Waals surface area contributed by atoms with Crippen molar-refractivity contribution in [3.05, 3.63) is 40.5 Å². The molecule has 1 aliphatic heterocycles. The van der Waals surface area contributed by atoms with E-state index in [9.17, 15) is 13.5 Å². The number of hydrogen-bond donors (Lipinski definition) is 3. The maximum atomic E-state index is 11.1. The van der Waals surface area contributed by atoms with Crippen LogP contribution >= 0.6 is 11.3 Å². The molecule has 0 spiro atoms. The second-order valence-electron chi connectivity index (χ2n) is 9.00. The molecule has 10 nitrogen and oxygen atoms in total. The average Bonchev–Trinajstić information content (AvgIpc) is 3.56. The summed E-state index contributed by atoms with van der Waals surface area (Å²) >= 11 is 1.57. The van der Waals surface area contributed by atoms with Gasteiger partial charge >= 0.3 is 10.3 Å². The van der Waals surface area contributed by atoms with Crippen LogP contribution in [0.3, 0.4) is 0 Å². The molecule has 0 unspecified atom stereocenters. The molecule has 3 aliphatic rings. The van der Waals surface area contributed by atoms with Crippen molar-refractivity contribution in [1.82, 2.24) is 9.97 Å². The lowest BCUT2D eigenvalue weighted by atomic mass is 9.98. The topological polar surface area (TPSA) is 146 Å². The van der Waals surface area contributed by atoms with Crippen molar-refractivity contribution < 1.29 is 27.2 Å². The van der Waals surface area contributed by atoms with Crippen LogP contribution < -0.4 is 19.9 Å². The number of aryl methyl sites for hydroxylation is 1. The lowest BCUT2D eigenvalue weighted by molar-refractivity contribution is 0.101. The van der Waals surface area contributed by atoms with Gasteiger partial charge < -0.3 is 19.9 Å². The summed E-state index contributed by atoms with van der Waals surface area (Å²) in [4.78, 5) is 9.07. The summed E-state index contributed by atoms with van der Waals surface area (Å²) in [6.45, 7) is 0.131. The summed E-state index contributed by atoms with van der Waals surface area (Å²) < 4.78 is 39.0. The molecule has 6 rings (SSSR count). The van der Waals surface area contributed by atoms with Crippen molar-refractivity contribution in [2.45, 2.75) is 43.7 Å². The van der Waals surface area contributed by atoms with Crippen LogP contribution in [0.4, 0.5) is 5.82 Å². The summed E-state index contributed by atoms with van der Waals surface area (Å²) in [5, 5.41) is 21.1. The molecule has 12 heteroatoms. The second-order valence-corrected chi connectivity index (χ2v) is 11.1. The van der Waals surface area contributed by atoms with E-state index in [4.69, 9.17) is 18.8 Å². The van der Waals surface area contributed by atoms with Gasteiger partial charge in [0.25, 0.3) is 0 Å². The normalized spacial score (nSPS) is 25.7. The molecular formula is C22H24N4O6S2. The maximum absolute atomic E-state index is 11.1. The molecule has 180 valence electrons. The van der Waals surface area contributed by atoms with Crippen LogP contribution in [0, 0.1) is 5.92 Å². The van der Waals surface area contributed by atoms with E-state index >= 15 is 0 Å². The first-order valence-electron chi connectivity index (χ1n) is 11.1. The molecule has 0 bridgehead atoms. The zero-order valence-corrected chi connectivity index (χ0v) is 19.8. The standard InChI is InChI=1S/C22H24N4O6S2/c23-34(28,29)32-7-13-3-12(4-17(13)27)15-8-33-21-20(15)24-9-25-22(21)26-16-2-1-11-5-18-19(6-14(11)16)31-10-30-18/h5-6,8-9,12-13,16-17,27H,1-4,7,10H2,(H2,23,28,29)(H,24,25,26)/t12-,13+,16+,17+/m1/s1. The zero-order valence-electron chi connectivity index (χ0n) is 18.1. The second kappa shape index (κ2) is 8.31. The Labute approximate surface area is 200 Å².